The topological polar surface area (TPSA) is 42.2 Å². The molecular formula is C16H14BrNO2. The molecular weight excluding hydrogens is 318 g/mol. The fourth-order valence-corrected chi connectivity index (χ4v) is 2.23. The smallest absolute Gasteiger partial charge is 0.179 e. The number of aryl methyl sites for hydroxylation is 1. The number of methoxy groups -OCH3 is 1. The number of hydrogen-bond donors (Lipinski definition) is 0. The van der Waals surface area contributed by atoms with Crippen LogP contribution in [0.25, 0.3) is 0 Å². The van der Waals surface area contributed by atoms with E-state index < -0.39 is 0 Å². The molecule has 0 aliphatic rings. The summed E-state index contributed by atoms with van der Waals surface area (Å²) in [5.41, 5.74) is 2.69. The van der Waals surface area contributed by atoms with Gasteiger partial charge in [0.2, 0.25) is 0 Å². The van der Waals surface area contributed by atoms with Crippen molar-refractivity contribution in [3.8, 4) is 17.6 Å². The summed E-state index contributed by atoms with van der Waals surface area (Å²) < 4.78 is 11.8. The van der Waals surface area contributed by atoms with Crippen molar-refractivity contribution in [3.05, 3.63) is 57.6 Å². The van der Waals surface area contributed by atoms with Crippen molar-refractivity contribution < 1.29 is 9.47 Å². The van der Waals surface area contributed by atoms with Crippen LogP contribution in [0, 0.1) is 18.3 Å². The summed E-state index contributed by atoms with van der Waals surface area (Å²) >= 11 is 3.35. The Labute approximate surface area is 126 Å². The van der Waals surface area contributed by atoms with E-state index in [1.165, 1.54) is 5.56 Å². The van der Waals surface area contributed by atoms with Crippen molar-refractivity contribution in [1.29, 1.82) is 5.26 Å². The van der Waals surface area contributed by atoms with E-state index >= 15 is 0 Å². The molecule has 4 heteroatoms. The van der Waals surface area contributed by atoms with Gasteiger partial charge in [-0.1, -0.05) is 45.8 Å². The van der Waals surface area contributed by atoms with Crippen LogP contribution in [0.1, 0.15) is 16.7 Å². The lowest BCUT2D eigenvalue weighted by Gasteiger charge is -2.13. The molecule has 0 amide bonds. The van der Waals surface area contributed by atoms with E-state index in [4.69, 9.17) is 9.47 Å². The number of benzene rings is 2. The number of halogens is 1. The molecule has 0 aliphatic heterocycles. The molecule has 0 heterocycles. The fraction of sp³-hybridized carbons (Fsp3) is 0.188. The van der Waals surface area contributed by atoms with Crippen LogP contribution in [0.2, 0.25) is 0 Å². The summed E-state index contributed by atoms with van der Waals surface area (Å²) in [7, 11) is 1.56. The maximum atomic E-state index is 9.19. The quantitative estimate of drug-likeness (QED) is 0.842. The first-order valence-corrected chi connectivity index (χ1v) is 6.89. The molecule has 0 aromatic heterocycles. The summed E-state index contributed by atoms with van der Waals surface area (Å²) in [5.74, 6) is 1.02. The first-order chi connectivity index (χ1) is 9.63. The highest BCUT2D eigenvalue weighted by atomic mass is 79.9. The molecule has 0 saturated carbocycles. The number of nitrogens with zero attached hydrogens (tertiary/aromatic N) is 1. The fourth-order valence-electron chi connectivity index (χ4n) is 1.79. The number of rotatable bonds is 4. The van der Waals surface area contributed by atoms with Crippen LogP contribution in [-0.4, -0.2) is 7.11 Å². The second-order valence-corrected chi connectivity index (χ2v) is 5.29. The van der Waals surface area contributed by atoms with Gasteiger partial charge in [-0.05, 0) is 24.6 Å². The molecule has 0 radical (unpaired) electrons. The van der Waals surface area contributed by atoms with E-state index in [1.807, 2.05) is 31.2 Å². The van der Waals surface area contributed by atoms with Gasteiger partial charge >= 0.3 is 0 Å². The lowest BCUT2D eigenvalue weighted by atomic mass is 10.1. The molecule has 0 saturated heterocycles. The largest absolute Gasteiger partial charge is 0.493 e. The van der Waals surface area contributed by atoms with Crippen molar-refractivity contribution in [3.63, 3.8) is 0 Å². The first kappa shape index (κ1) is 14.4. The van der Waals surface area contributed by atoms with E-state index in [2.05, 4.69) is 22.0 Å². The van der Waals surface area contributed by atoms with Gasteiger partial charge in [-0.3, -0.25) is 0 Å². The second kappa shape index (κ2) is 6.44. The van der Waals surface area contributed by atoms with Crippen LogP contribution >= 0.6 is 15.9 Å². The highest BCUT2D eigenvalue weighted by Crippen LogP contribution is 2.34. The van der Waals surface area contributed by atoms with Crippen molar-refractivity contribution >= 4 is 15.9 Å². The zero-order valence-electron chi connectivity index (χ0n) is 11.3. The van der Waals surface area contributed by atoms with Crippen LogP contribution in [0.15, 0.2) is 40.9 Å². The molecule has 0 fully saturated rings. The van der Waals surface area contributed by atoms with Gasteiger partial charge in [0, 0.05) is 4.47 Å². The lowest BCUT2D eigenvalue weighted by Crippen LogP contribution is -2.00. The van der Waals surface area contributed by atoms with E-state index in [1.54, 1.807) is 19.2 Å². The van der Waals surface area contributed by atoms with Gasteiger partial charge in [-0.2, -0.15) is 5.26 Å². The van der Waals surface area contributed by atoms with Gasteiger partial charge in [-0.25, -0.2) is 0 Å². The van der Waals surface area contributed by atoms with Gasteiger partial charge in [0.15, 0.2) is 11.5 Å². The Balaban J connectivity index is 2.24. The van der Waals surface area contributed by atoms with Crippen LogP contribution in [0.5, 0.6) is 11.5 Å². The van der Waals surface area contributed by atoms with E-state index in [-0.39, 0.29) is 0 Å². The number of nitriles is 1. The third-order valence-corrected chi connectivity index (χ3v) is 3.32. The molecule has 3 nitrogen and oxygen atoms in total. The monoisotopic (exact) mass is 331 g/mol. The minimum atomic E-state index is 0.396. The van der Waals surface area contributed by atoms with Crippen molar-refractivity contribution in [2.75, 3.05) is 7.11 Å². The third kappa shape index (κ3) is 3.31. The molecule has 102 valence electrons. The molecule has 0 aliphatic carbocycles. The maximum Gasteiger partial charge on any atom is 0.179 e. The Hall–Kier alpha value is -1.99. The van der Waals surface area contributed by atoms with E-state index in [0.29, 0.717) is 23.7 Å². The third-order valence-electron chi connectivity index (χ3n) is 2.86. The summed E-state index contributed by atoms with van der Waals surface area (Å²) in [4.78, 5) is 0. The summed E-state index contributed by atoms with van der Waals surface area (Å²) in [6.45, 7) is 2.43. The Morgan fingerprint density at radius 3 is 2.50 bits per heavy atom. The summed E-state index contributed by atoms with van der Waals surface area (Å²) in [6.07, 6.45) is 0. The minimum Gasteiger partial charge on any atom is -0.493 e. The highest BCUT2D eigenvalue weighted by molar-refractivity contribution is 9.10. The maximum absolute atomic E-state index is 9.19. The minimum absolute atomic E-state index is 0.396. The molecule has 0 unspecified atom stereocenters. The van der Waals surface area contributed by atoms with Crippen molar-refractivity contribution in [2.45, 2.75) is 13.5 Å². The Bertz CT molecular complexity index is 645. The van der Waals surface area contributed by atoms with Crippen molar-refractivity contribution in [2.24, 2.45) is 0 Å². The highest BCUT2D eigenvalue weighted by Gasteiger charge is 2.12. The molecule has 0 atom stereocenters. The van der Waals surface area contributed by atoms with E-state index in [9.17, 15) is 5.26 Å². The predicted molar refractivity (Wildman–Crippen MR) is 80.9 cm³/mol. The average Bonchev–Trinajstić information content (AvgIpc) is 2.46. The van der Waals surface area contributed by atoms with Crippen LogP contribution < -0.4 is 9.47 Å². The van der Waals surface area contributed by atoms with Crippen LogP contribution in [0.3, 0.4) is 0 Å². The SMILES string of the molecule is COc1cc(Br)cc(C#N)c1OCc1ccc(C)cc1. The average molecular weight is 332 g/mol. The van der Waals surface area contributed by atoms with Gasteiger partial charge in [-0.15, -0.1) is 0 Å². The van der Waals surface area contributed by atoms with Crippen LogP contribution in [0.4, 0.5) is 0 Å². The zero-order valence-corrected chi connectivity index (χ0v) is 12.9. The zero-order chi connectivity index (χ0) is 14.5. The Morgan fingerprint density at radius 2 is 1.90 bits per heavy atom. The second-order valence-electron chi connectivity index (χ2n) is 4.37. The van der Waals surface area contributed by atoms with Gasteiger partial charge in [0.1, 0.15) is 12.7 Å². The molecule has 2 rings (SSSR count). The molecule has 0 bridgehead atoms. The standard InChI is InChI=1S/C16H14BrNO2/c1-11-3-5-12(6-4-11)10-20-16-13(9-18)7-14(17)8-15(16)19-2/h3-8H,10H2,1-2H3. The van der Waals surface area contributed by atoms with Crippen molar-refractivity contribution in [1.82, 2.24) is 0 Å². The normalized spacial score (nSPS) is 9.90. The summed E-state index contributed by atoms with van der Waals surface area (Å²) in [5, 5.41) is 9.19. The molecule has 20 heavy (non-hydrogen) atoms. The molecule has 2 aromatic carbocycles. The number of hydrogen-bond acceptors (Lipinski definition) is 3. The molecule has 2 aromatic rings. The van der Waals surface area contributed by atoms with Crippen LogP contribution in [-0.2, 0) is 6.61 Å². The molecule has 0 N–H and O–H groups in total. The van der Waals surface area contributed by atoms with Gasteiger partial charge < -0.3 is 9.47 Å². The Morgan fingerprint density at radius 1 is 1.20 bits per heavy atom. The molecule has 0 spiro atoms. The Kier molecular flexibility index (Phi) is 4.65. The number of ether oxygens (including phenoxy) is 2. The lowest BCUT2D eigenvalue weighted by molar-refractivity contribution is 0.283. The summed E-state index contributed by atoms with van der Waals surface area (Å²) in [6, 6.07) is 13.7. The predicted octanol–water partition coefficient (Wildman–Crippen LogP) is 4.22. The van der Waals surface area contributed by atoms with E-state index in [0.717, 1.165) is 10.0 Å². The van der Waals surface area contributed by atoms with Gasteiger partial charge in [0.05, 0.1) is 12.7 Å². The first-order valence-electron chi connectivity index (χ1n) is 6.10. The van der Waals surface area contributed by atoms with Gasteiger partial charge in [0.25, 0.3) is 0 Å².